The number of nitrogens with one attached hydrogen (secondary N) is 2. The molecule has 1 aliphatic heterocycles. The molecular formula is C14H25N5O2. The molecule has 1 aliphatic rings. The fourth-order valence-corrected chi connectivity index (χ4v) is 2.51. The van der Waals surface area contributed by atoms with Crippen molar-refractivity contribution in [1.82, 2.24) is 20.4 Å². The zero-order chi connectivity index (χ0) is 15.2. The van der Waals surface area contributed by atoms with E-state index in [1.807, 2.05) is 25.8 Å². The SMILES string of the molecule is CC(C)c1nnc(NC(=O)CN(C)CC2CCCNC2)o1. The van der Waals surface area contributed by atoms with E-state index in [1.54, 1.807) is 0 Å². The molecule has 0 aliphatic carbocycles. The number of carbonyl (C=O) groups excluding carboxylic acids is 1. The zero-order valence-corrected chi connectivity index (χ0v) is 13.1. The van der Waals surface area contributed by atoms with Crippen LogP contribution < -0.4 is 10.6 Å². The maximum atomic E-state index is 11.9. The third kappa shape index (κ3) is 5.09. The van der Waals surface area contributed by atoms with Crippen LogP contribution in [0.15, 0.2) is 4.42 Å². The Kier molecular flexibility index (Phi) is 5.69. The number of piperidine rings is 1. The van der Waals surface area contributed by atoms with Crippen molar-refractivity contribution in [2.45, 2.75) is 32.6 Å². The monoisotopic (exact) mass is 295 g/mol. The van der Waals surface area contributed by atoms with Crippen molar-refractivity contribution in [3.63, 3.8) is 0 Å². The van der Waals surface area contributed by atoms with Gasteiger partial charge in [0, 0.05) is 12.5 Å². The maximum absolute atomic E-state index is 11.9. The molecule has 7 nitrogen and oxygen atoms in total. The molecule has 1 amide bonds. The Bertz CT molecular complexity index is 454. The molecule has 1 atom stereocenters. The van der Waals surface area contributed by atoms with Gasteiger partial charge < -0.3 is 9.73 Å². The summed E-state index contributed by atoms with van der Waals surface area (Å²) < 4.78 is 5.36. The summed E-state index contributed by atoms with van der Waals surface area (Å²) in [5.74, 6) is 1.18. The normalized spacial score (nSPS) is 19.2. The quantitative estimate of drug-likeness (QED) is 0.816. The lowest BCUT2D eigenvalue weighted by atomic mass is 9.99. The number of likely N-dealkylation sites (N-methyl/N-ethyl adjacent to an activating group) is 1. The van der Waals surface area contributed by atoms with Gasteiger partial charge in [-0.1, -0.05) is 18.9 Å². The maximum Gasteiger partial charge on any atom is 0.322 e. The predicted octanol–water partition coefficient (Wildman–Crippen LogP) is 1.06. The first kappa shape index (κ1) is 15.9. The highest BCUT2D eigenvalue weighted by Crippen LogP contribution is 2.15. The van der Waals surface area contributed by atoms with Crippen LogP contribution in [0.4, 0.5) is 6.01 Å². The molecule has 1 saturated heterocycles. The zero-order valence-electron chi connectivity index (χ0n) is 13.1. The average molecular weight is 295 g/mol. The van der Waals surface area contributed by atoms with Crippen LogP contribution in [0.25, 0.3) is 0 Å². The summed E-state index contributed by atoms with van der Waals surface area (Å²) in [5, 5.41) is 13.7. The molecule has 0 aromatic carbocycles. The van der Waals surface area contributed by atoms with E-state index < -0.39 is 0 Å². The first-order valence-electron chi connectivity index (χ1n) is 7.57. The van der Waals surface area contributed by atoms with E-state index >= 15 is 0 Å². The first-order chi connectivity index (χ1) is 10.0. The van der Waals surface area contributed by atoms with E-state index in [0.717, 1.165) is 19.6 Å². The molecule has 21 heavy (non-hydrogen) atoms. The summed E-state index contributed by atoms with van der Waals surface area (Å²) in [5.41, 5.74) is 0. The molecule has 1 aromatic heterocycles. The molecule has 118 valence electrons. The molecule has 1 aromatic rings. The van der Waals surface area contributed by atoms with E-state index in [0.29, 0.717) is 18.4 Å². The van der Waals surface area contributed by atoms with Gasteiger partial charge in [0.2, 0.25) is 11.8 Å². The second-order valence-corrected chi connectivity index (χ2v) is 6.06. The van der Waals surface area contributed by atoms with Gasteiger partial charge in [-0.15, -0.1) is 5.10 Å². The molecule has 2 rings (SSSR count). The third-order valence-electron chi connectivity index (χ3n) is 3.56. The average Bonchev–Trinajstić information content (AvgIpc) is 2.88. The predicted molar refractivity (Wildman–Crippen MR) is 80.1 cm³/mol. The standard InChI is InChI=1S/C14H25N5O2/c1-10(2)13-17-18-14(21-13)16-12(20)9-19(3)8-11-5-4-6-15-7-11/h10-11,15H,4-9H2,1-3H3,(H,16,18,20). The number of aromatic nitrogens is 2. The molecule has 2 heterocycles. The minimum absolute atomic E-state index is 0.125. The van der Waals surface area contributed by atoms with Crippen LogP contribution in [0, 0.1) is 5.92 Å². The Balaban J connectivity index is 1.74. The second-order valence-electron chi connectivity index (χ2n) is 6.06. The minimum Gasteiger partial charge on any atom is -0.408 e. The van der Waals surface area contributed by atoms with Crippen molar-refractivity contribution in [3.8, 4) is 0 Å². The van der Waals surface area contributed by atoms with Crippen LogP contribution in [0.1, 0.15) is 38.5 Å². The van der Waals surface area contributed by atoms with Gasteiger partial charge in [0.15, 0.2) is 0 Å². The van der Waals surface area contributed by atoms with E-state index in [1.165, 1.54) is 12.8 Å². The molecule has 1 fully saturated rings. The van der Waals surface area contributed by atoms with Crippen LogP contribution in [-0.4, -0.2) is 54.2 Å². The summed E-state index contributed by atoms with van der Waals surface area (Å²) in [4.78, 5) is 14.0. The third-order valence-corrected chi connectivity index (χ3v) is 3.56. The number of hydrogen-bond acceptors (Lipinski definition) is 6. The van der Waals surface area contributed by atoms with Crippen molar-refractivity contribution in [1.29, 1.82) is 0 Å². The summed E-state index contributed by atoms with van der Waals surface area (Å²) in [6.07, 6.45) is 2.44. The van der Waals surface area contributed by atoms with E-state index in [4.69, 9.17) is 4.42 Å². The van der Waals surface area contributed by atoms with E-state index in [-0.39, 0.29) is 17.8 Å². The highest BCUT2D eigenvalue weighted by atomic mass is 16.4. The lowest BCUT2D eigenvalue weighted by Gasteiger charge is -2.27. The summed E-state index contributed by atoms with van der Waals surface area (Å²) in [7, 11) is 1.96. The molecule has 0 bridgehead atoms. The smallest absolute Gasteiger partial charge is 0.322 e. The van der Waals surface area contributed by atoms with Gasteiger partial charge in [0.25, 0.3) is 0 Å². The summed E-state index contributed by atoms with van der Waals surface area (Å²) >= 11 is 0. The van der Waals surface area contributed by atoms with Gasteiger partial charge in [0.1, 0.15) is 0 Å². The van der Waals surface area contributed by atoms with E-state index in [9.17, 15) is 4.79 Å². The van der Waals surface area contributed by atoms with Gasteiger partial charge in [-0.25, -0.2) is 0 Å². The Morgan fingerprint density at radius 3 is 2.95 bits per heavy atom. The molecule has 2 N–H and O–H groups in total. The second kappa shape index (κ2) is 7.51. The highest BCUT2D eigenvalue weighted by Gasteiger charge is 2.17. The lowest BCUT2D eigenvalue weighted by Crippen LogP contribution is -2.39. The van der Waals surface area contributed by atoms with Gasteiger partial charge >= 0.3 is 6.01 Å². The van der Waals surface area contributed by atoms with Crippen LogP contribution in [-0.2, 0) is 4.79 Å². The minimum atomic E-state index is -0.125. The van der Waals surface area contributed by atoms with Crippen LogP contribution in [0.5, 0.6) is 0 Å². The number of carbonyl (C=O) groups is 1. The number of hydrogen-bond donors (Lipinski definition) is 2. The Hall–Kier alpha value is -1.47. The number of anilines is 1. The van der Waals surface area contributed by atoms with Gasteiger partial charge in [-0.05, 0) is 38.9 Å². The molecular weight excluding hydrogens is 270 g/mol. The largest absolute Gasteiger partial charge is 0.408 e. The lowest BCUT2D eigenvalue weighted by molar-refractivity contribution is -0.117. The molecule has 7 heteroatoms. The van der Waals surface area contributed by atoms with Crippen molar-refractivity contribution < 1.29 is 9.21 Å². The topological polar surface area (TPSA) is 83.3 Å². The van der Waals surface area contributed by atoms with E-state index in [2.05, 4.69) is 20.8 Å². The summed E-state index contributed by atoms with van der Waals surface area (Å²) in [6, 6.07) is 0.177. The highest BCUT2D eigenvalue weighted by molar-refractivity contribution is 5.90. The number of nitrogens with zero attached hydrogens (tertiary/aromatic N) is 3. The van der Waals surface area contributed by atoms with Gasteiger partial charge in [-0.2, -0.15) is 0 Å². The fraction of sp³-hybridized carbons (Fsp3) is 0.786. The van der Waals surface area contributed by atoms with Gasteiger partial charge in [-0.3, -0.25) is 15.0 Å². The Morgan fingerprint density at radius 2 is 2.33 bits per heavy atom. The summed E-state index contributed by atoms with van der Waals surface area (Å²) in [6.45, 7) is 7.32. The molecule has 1 unspecified atom stereocenters. The number of amides is 1. The van der Waals surface area contributed by atoms with Crippen molar-refractivity contribution >= 4 is 11.9 Å². The first-order valence-corrected chi connectivity index (χ1v) is 7.57. The molecule has 0 saturated carbocycles. The van der Waals surface area contributed by atoms with Crippen LogP contribution >= 0.6 is 0 Å². The number of rotatable bonds is 6. The van der Waals surface area contributed by atoms with Crippen molar-refractivity contribution in [2.24, 2.45) is 5.92 Å². The van der Waals surface area contributed by atoms with Crippen molar-refractivity contribution in [2.75, 3.05) is 38.5 Å². The van der Waals surface area contributed by atoms with Crippen LogP contribution in [0.3, 0.4) is 0 Å². The fourth-order valence-electron chi connectivity index (χ4n) is 2.51. The molecule has 0 radical (unpaired) electrons. The Labute approximate surface area is 125 Å². The van der Waals surface area contributed by atoms with Crippen LogP contribution in [0.2, 0.25) is 0 Å². The van der Waals surface area contributed by atoms with Crippen molar-refractivity contribution in [3.05, 3.63) is 5.89 Å². The van der Waals surface area contributed by atoms with Gasteiger partial charge in [0.05, 0.1) is 6.54 Å². The Morgan fingerprint density at radius 1 is 1.52 bits per heavy atom. The molecule has 0 spiro atoms.